The fourth-order valence-electron chi connectivity index (χ4n) is 2.98. The van der Waals surface area contributed by atoms with E-state index >= 15 is 0 Å². The van der Waals surface area contributed by atoms with Crippen molar-refractivity contribution in [2.75, 3.05) is 0 Å². The first kappa shape index (κ1) is 17.7. The summed E-state index contributed by atoms with van der Waals surface area (Å²) in [5.74, 6) is 0.875. The number of hydrogen-bond acceptors (Lipinski definition) is 2. The van der Waals surface area contributed by atoms with E-state index in [2.05, 4.69) is 19.6 Å². The molecule has 0 saturated carbocycles. The lowest BCUT2D eigenvalue weighted by molar-refractivity contribution is 0.557. The molecule has 0 aliphatic rings. The normalized spacial score (nSPS) is 12.0. The highest BCUT2D eigenvalue weighted by molar-refractivity contribution is 7.06. The van der Waals surface area contributed by atoms with Gasteiger partial charge in [-0.25, -0.2) is 0 Å². The molecule has 0 spiro atoms. The Morgan fingerprint density at radius 2 is 1.00 bits per heavy atom. The second-order valence-corrected chi connectivity index (χ2v) is 14.8. The predicted octanol–water partition coefficient (Wildman–Crippen LogP) is 2.86. The minimum Gasteiger partial charge on any atom is -0.544 e. The van der Waals surface area contributed by atoms with Crippen LogP contribution in [0.3, 0.4) is 0 Å². The van der Waals surface area contributed by atoms with Crippen LogP contribution in [0.5, 0.6) is 5.75 Å². The average Bonchev–Trinajstić information content (AvgIpc) is 2.62. The van der Waals surface area contributed by atoms with E-state index in [9.17, 15) is 4.80 Å². The lowest BCUT2D eigenvalue weighted by Gasteiger charge is -2.27. The van der Waals surface area contributed by atoms with Crippen molar-refractivity contribution in [1.29, 1.82) is 0 Å². The molecule has 128 valence electrons. The van der Waals surface area contributed by atoms with Crippen molar-refractivity contribution < 1.29 is 9.22 Å². The molecule has 0 aliphatic heterocycles. The summed E-state index contributed by atoms with van der Waals surface area (Å²) in [7, 11) is -4.64. The number of hydrogen-bond donors (Lipinski definition) is 1. The summed E-state index contributed by atoms with van der Waals surface area (Å²) in [5.41, 5.74) is 0. The van der Waals surface area contributed by atoms with Gasteiger partial charge in [0.25, 0.3) is 8.32 Å². The fraction of sp³-hybridized carbons (Fsp3) is 0.143. The maximum Gasteiger partial charge on any atom is 0.285 e. The molecule has 0 heterocycles. The molecular weight excluding hydrogens is 340 g/mol. The van der Waals surface area contributed by atoms with Crippen LogP contribution in [0.1, 0.15) is 0 Å². The monoisotopic (exact) mass is 364 g/mol. The highest BCUT2D eigenvalue weighted by Gasteiger charge is 2.38. The van der Waals surface area contributed by atoms with Crippen LogP contribution >= 0.6 is 0 Å². The van der Waals surface area contributed by atoms with Gasteiger partial charge in [-0.15, -0.1) is 0 Å². The lowest BCUT2D eigenvalue weighted by Crippen LogP contribution is -2.67. The fourth-order valence-corrected chi connectivity index (χ4v) is 6.82. The molecule has 3 aromatic rings. The second-order valence-electron chi connectivity index (χ2n) is 7.18. The zero-order chi connectivity index (χ0) is 17.9. The molecule has 0 aliphatic carbocycles. The van der Waals surface area contributed by atoms with E-state index in [0.717, 1.165) is 21.3 Å². The molecule has 2 nitrogen and oxygen atoms in total. The van der Waals surface area contributed by atoms with Gasteiger partial charge in [-0.05, 0) is 47.3 Å². The SMILES string of the molecule is C[Si](C)(C)Oc1ccc([Si](O)(c2ccccc2)c2ccccc2)cc1. The minimum atomic E-state index is -3.00. The summed E-state index contributed by atoms with van der Waals surface area (Å²) in [5, 5.41) is 2.94. The first-order valence-corrected chi connectivity index (χ1v) is 13.9. The minimum absolute atomic E-state index is 0.875. The van der Waals surface area contributed by atoms with Crippen LogP contribution < -0.4 is 20.0 Å². The van der Waals surface area contributed by atoms with Crippen LogP contribution in [0.2, 0.25) is 19.6 Å². The second kappa shape index (κ2) is 7.00. The van der Waals surface area contributed by atoms with E-state index in [1.807, 2.05) is 84.9 Å². The van der Waals surface area contributed by atoms with Gasteiger partial charge in [-0.1, -0.05) is 72.8 Å². The van der Waals surface area contributed by atoms with E-state index in [4.69, 9.17) is 4.43 Å². The maximum atomic E-state index is 11.9. The van der Waals surface area contributed by atoms with Crippen molar-refractivity contribution in [2.45, 2.75) is 19.6 Å². The summed E-state index contributed by atoms with van der Waals surface area (Å²) in [6, 6.07) is 28.0. The topological polar surface area (TPSA) is 29.5 Å². The molecule has 4 heteroatoms. The Morgan fingerprint density at radius 3 is 1.40 bits per heavy atom. The lowest BCUT2D eigenvalue weighted by atomic mass is 10.3. The highest BCUT2D eigenvalue weighted by Crippen LogP contribution is 2.15. The number of rotatable bonds is 5. The molecule has 0 fully saturated rings. The van der Waals surface area contributed by atoms with Gasteiger partial charge in [-0.3, -0.25) is 0 Å². The molecule has 0 radical (unpaired) electrons. The van der Waals surface area contributed by atoms with Crippen molar-refractivity contribution in [3.05, 3.63) is 84.9 Å². The van der Waals surface area contributed by atoms with E-state index in [1.54, 1.807) is 0 Å². The highest BCUT2D eigenvalue weighted by atomic mass is 28.4. The molecule has 3 rings (SSSR count). The molecular formula is C21H24O2Si2. The van der Waals surface area contributed by atoms with Gasteiger partial charge in [0, 0.05) is 0 Å². The van der Waals surface area contributed by atoms with Crippen LogP contribution in [-0.2, 0) is 0 Å². The van der Waals surface area contributed by atoms with Crippen molar-refractivity contribution in [2.24, 2.45) is 0 Å². The first-order valence-electron chi connectivity index (χ1n) is 8.52. The Morgan fingerprint density at radius 1 is 0.600 bits per heavy atom. The zero-order valence-electron chi connectivity index (χ0n) is 14.9. The molecule has 25 heavy (non-hydrogen) atoms. The van der Waals surface area contributed by atoms with Crippen molar-refractivity contribution in [1.82, 2.24) is 0 Å². The quantitative estimate of drug-likeness (QED) is 0.557. The Bertz CT molecular complexity index is 771. The molecule has 3 aromatic carbocycles. The smallest absolute Gasteiger partial charge is 0.285 e. The van der Waals surface area contributed by atoms with Gasteiger partial charge < -0.3 is 9.22 Å². The molecule has 0 amide bonds. The van der Waals surface area contributed by atoms with Gasteiger partial charge in [0.15, 0.2) is 0 Å². The van der Waals surface area contributed by atoms with Crippen LogP contribution in [0.4, 0.5) is 0 Å². The van der Waals surface area contributed by atoms with Gasteiger partial charge >= 0.3 is 0 Å². The van der Waals surface area contributed by atoms with Gasteiger partial charge in [0.05, 0.1) is 0 Å². The maximum absolute atomic E-state index is 11.9. The van der Waals surface area contributed by atoms with Crippen molar-refractivity contribution >= 4 is 32.2 Å². The Kier molecular flexibility index (Phi) is 4.95. The summed E-state index contributed by atoms with van der Waals surface area (Å²) in [6.45, 7) is 6.50. The third kappa shape index (κ3) is 3.92. The van der Waals surface area contributed by atoms with Crippen molar-refractivity contribution in [3.8, 4) is 5.75 Å². The zero-order valence-corrected chi connectivity index (χ0v) is 16.9. The Hall–Kier alpha value is -2.15. The Labute approximate surface area is 152 Å². The summed E-state index contributed by atoms with van der Waals surface area (Å²) in [4.78, 5) is 11.9. The van der Waals surface area contributed by atoms with E-state index in [1.165, 1.54) is 0 Å². The molecule has 0 unspecified atom stereocenters. The molecule has 0 atom stereocenters. The van der Waals surface area contributed by atoms with Gasteiger partial charge in [-0.2, -0.15) is 0 Å². The van der Waals surface area contributed by atoms with Crippen LogP contribution in [0, 0.1) is 0 Å². The van der Waals surface area contributed by atoms with Crippen LogP contribution in [0.25, 0.3) is 0 Å². The van der Waals surface area contributed by atoms with Gasteiger partial charge in [0.1, 0.15) is 5.75 Å². The van der Waals surface area contributed by atoms with Gasteiger partial charge in [0.2, 0.25) is 8.32 Å². The van der Waals surface area contributed by atoms with E-state index < -0.39 is 16.6 Å². The summed E-state index contributed by atoms with van der Waals surface area (Å²) < 4.78 is 6.05. The average molecular weight is 365 g/mol. The van der Waals surface area contributed by atoms with Crippen LogP contribution in [-0.4, -0.2) is 21.4 Å². The summed E-state index contributed by atoms with van der Waals surface area (Å²) >= 11 is 0. The standard InChI is InChI=1S/C21H24O2Si2/c1-24(2,3)23-18-14-16-21(17-15-18)25(22,19-10-6-4-7-11-19)20-12-8-5-9-13-20/h4-17,22H,1-3H3. The molecule has 1 N–H and O–H groups in total. The third-order valence-corrected chi connectivity index (χ3v) is 8.43. The predicted molar refractivity (Wildman–Crippen MR) is 110 cm³/mol. The molecule has 0 bridgehead atoms. The Balaban J connectivity index is 2.07. The van der Waals surface area contributed by atoms with E-state index in [0.29, 0.717) is 0 Å². The number of benzene rings is 3. The first-order chi connectivity index (χ1) is 11.9. The summed E-state index contributed by atoms with van der Waals surface area (Å²) in [6.07, 6.45) is 0. The largest absolute Gasteiger partial charge is 0.544 e. The van der Waals surface area contributed by atoms with Crippen molar-refractivity contribution in [3.63, 3.8) is 0 Å². The molecule has 0 aromatic heterocycles. The molecule has 0 saturated heterocycles. The van der Waals surface area contributed by atoms with Crippen LogP contribution in [0.15, 0.2) is 84.9 Å². The third-order valence-electron chi connectivity index (χ3n) is 4.08. The van der Waals surface area contributed by atoms with E-state index in [-0.39, 0.29) is 0 Å².